The predicted molar refractivity (Wildman–Crippen MR) is 110 cm³/mol. The van der Waals surface area contributed by atoms with Gasteiger partial charge in [-0.25, -0.2) is 9.97 Å². The molecule has 2 aliphatic heterocycles. The number of hydrogen-bond donors (Lipinski definition) is 1. The molecule has 28 heavy (non-hydrogen) atoms. The SMILES string of the molecule is O=C(NCCN1CCOCC1)c1cnc(N2CCN(c3ccccn3)CC2)s1. The molecule has 0 spiro atoms. The van der Waals surface area contributed by atoms with Crippen molar-refractivity contribution in [3.63, 3.8) is 0 Å². The number of piperazine rings is 1. The number of rotatable bonds is 6. The van der Waals surface area contributed by atoms with Gasteiger partial charge < -0.3 is 19.9 Å². The molecule has 0 unspecified atom stereocenters. The Labute approximate surface area is 169 Å². The Morgan fingerprint density at radius 3 is 2.61 bits per heavy atom. The van der Waals surface area contributed by atoms with Crippen molar-refractivity contribution >= 4 is 28.2 Å². The highest BCUT2D eigenvalue weighted by Crippen LogP contribution is 2.24. The van der Waals surface area contributed by atoms with Crippen molar-refractivity contribution < 1.29 is 9.53 Å². The Bertz CT molecular complexity index is 757. The summed E-state index contributed by atoms with van der Waals surface area (Å²) in [5.74, 6) is 0.978. The fraction of sp³-hybridized carbons (Fsp3) is 0.526. The molecule has 150 valence electrons. The van der Waals surface area contributed by atoms with E-state index in [1.54, 1.807) is 6.20 Å². The second-order valence-corrected chi connectivity index (χ2v) is 7.89. The number of anilines is 2. The number of aromatic nitrogens is 2. The maximum atomic E-state index is 12.4. The summed E-state index contributed by atoms with van der Waals surface area (Å²) in [5, 5.41) is 3.92. The number of pyridine rings is 1. The third-order valence-electron chi connectivity index (χ3n) is 5.06. The Morgan fingerprint density at radius 2 is 1.86 bits per heavy atom. The Morgan fingerprint density at radius 1 is 1.07 bits per heavy atom. The molecule has 4 heterocycles. The summed E-state index contributed by atoms with van der Waals surface area (Å²) in [7, 11) is 0. The number of nitrogens with zero attached hydrogens (tertiary/aromatic N) is 5. The molecular formula is C19H26N6O2S. The van der Waals surface area contributed by atoms with Crippen molar-refractivity contribution in [2.45, 2.75) is 0 Å². The molecule has 4 rings (SSSR count). The van der Waals surface area contributed by atoms with Gasteiger partial charge in [0.15, 0.2) is 5.13 Å². The number of ether oxygens (including phenoxy) is 1. The zero-order valence-electron chi connectivity index (χ0n) is 15.9. The summed E-state index contributed by atoms with van der Waals surface area (Å²) in [5.41, 5.74) is 0. The Kier molecular flexibility index (Phi) is 6.35. The lowest BCUT2D eigenvalue weighted by Gasteiger charge is -2.35. The van der Waals surface area contributed by atoms with Crippen molar-refractivity contribution in [1.29, 1.82) is 0 Å². The highest BCUT2D eigenvalue weighted by Gasteiger charge is 2.21. The molecule has 0 bridgehead atoms. The van der Waals surface area contributed by atoms with Crippen molar-refractivity contribution in [3.8, 4) is 0 Å². The number of hydrogen-bond acceptors (Lipinski definition) is 8. The molecule has 8 nitrogen and oxygen atoms in total. The highest BCUT2D eigenvalue weighted by molar-refractivity contribution is 7.17. The first-order valence-corrected chi connectivity index (χ1v) is 10.6. The van der Waals surface area contributed by atoms with Crippen LogP contribution in [0.4, 0.5) is 10.9 Å². The first kappa shape index (κ1) is 19.1. The van der Waals surface area contributed by atoms with Crippen LogP contribution >= 0.6 is 11.3 Å². The molecule has 0 radical (unpaired) electrons. The smallest absolute Gasteiger partial charge is 0.263 e. The van der Waals surface area contributed by atoms with E-state index in [1.165, 1.54) is 11.3 Å². The van der Waals surface area contributed by atoms with Crippen LogP contribution in [0.15, 0.2) is 30.6 Å². The molecule has 1 amide bonds. The van der Waals surface area contributed by atoms with Crippen LogP contribution in [-0.2, 0) is 4.74 Å². The number of morpholine rings is 1. The highest BCUT2D eigenvalue weighted by atomic mass is 32.1. The number of nitrogens with one attached hydrogen (secondary N) is 1. The Balaban J connectivity index is 1.24. The van der Waals surface area contributed by atoms with Gasteiger partial charge in [-0.05, 0) is 12.1 Å². The summed E-state index contributed by atoms with van der Waals surface area (Å²) in [6, 6.07) is 5.99. The molecule has 2 aliphatic rings. The lowest BCUT2D eigenvalue weighted by Crippen LogP contribution is -2.46. The molecule has 0 saturated carbocycles. The van der Waals surface area contributed by atoms with Crippen LogP contribution in [0.25, 0.3) is 0 Å². The second-order valence-electron chi connectivity index (χ2n) is 6.88. The number of thiazole rings is 1. The van der Waals surface area contributed by atoms with E-state index in [0.717, 1.165) is 70.0 Å². The molecule has 0 atom stereocenters. The van der Waals surface area contributed by atoms with Crippen molar-refractivity contribution in [1.82, 2.24) is 20.2 Å². The summed E-state index contributed by atoms with van der Waals surface area (Å²) in [6.45, 7) is 8.49. The molecule has 0 aliphatic carbocycles. The third-order valence-corrected chi connectivity index (χ3v) is 6.11. The molecular weight excluding hydrogens is 376 g/mol. The molecule has 2 saturated heterocycles. The number of carbonyl (C=O) groups is 1. The van der Waals surface area contributed by atoms with Crippen LogP contribution in [-0.4, -0.2) is 86.3 Å². The first-order valence-electron chi connectivity index (χ1n) is 9.75. The fourth-order valence-electron chi connectivity index (χ4n) is 3.42. The lowest BCUT2D eigenvalue weighted by atomic mass is 10.3. The van der Waals surface area contributed by atoms with E-state index in [1.807, 2.05) is 24.4 Å². The van der Waals surface area contributed by atoms with E-state index in [0.29, 0.717) is 11.4 Å². The van der Waals surface area contributed by atoms with Crippen molar-refractivity contribution in [3.05, 3.63) is 35.5 Å². The average Bonchev–Trinajstić information content (AvgIpc) is 3.26. The summed E-state index contributed by atoms with van der Waals surface area (Å²) in [4.78, 5) is 28.8. The molecule has 1 N–H and O–H groups in total. The quantitative estimate of drug-likeness (QED) is 0.770. The summed E-state index contributed by atoms with van der Waals surface area (Å²) in [6.07, 6.45) is 3.52. The van der Waals surface area contributed by atoms with E-state index >= 15 is 0 Å². The fourth-order valence-corrected chi connectivity index (χ4v) is 4.31. The van der Waals surface area contributed by atoms with Crippen LogP contribution in [0.2, 0.25) is 0 Å². The van der Waals surface area contributed by atoms with Gasteiger partial charge in [0, 0.05) is 58.6 Å². The van der Waals surface area contributed by atoms with E-state index < -0.39 is 0 Å². The monoisotopic (exact) mass is 402 g/mol. The molecule has 0 aromatic carbocycles. The van der Waals surface area contributed by atoms with E-state index in [2.05, 4.69) is 30.0 Å². The third kappa shape index (κ3) is 4.78. The number of amides is 1. The topological polar surface area (TPSA) is 73.8 Å². The van der Waals surface area contributed by atoms with Crippen molar-refractivity contribution in [2.24, 2.45) is 0 Å². The van der Waals surface area contributed by atoms with Gasteiger partial charge in [-0.15, -0.1) is 0 Å². The predicted octanol–water partition coefficient (Wildman–Crippen LogP) is 0.927. The minimum Gasteiger partial charge on any atom is -0.379 e. The maximum Gasteiger partial charge on any atom is 0.263 e. The van der Waals surface area contributed by atoms with Gasteiger partial charge in [0.2, 0.25) is 0 Å². The van der Waals surface area contributed by atoms with Gasteiger partial charge in [-0.1, -0.05) is 17.4 Å². The van der Waals surface area contributed by atoms with Crippen molar-refractivity contribution in [2.75, 3.05) is 75.4 Å². The standard InChI is InChI=1S/C19H26N6O2S/c26-18(21-5-6-23-11-13-27-14-12-23)16-15-22-19(28-16)25-9-7-24(8-10-25)17-3-1-2-4-20-17/h1-4,15H,5-14H2,(H,21,26). The van der Waals surface area contributed by atoms with Crippen LogP contribution in [0.5, 0.6) is 0 Å². The molecule has 2 fully saturated rings. The number of carbonyl (C=O) groups excluding carboxylic acids is 1. The second kappa shape index (κ2) is 9.31. The zero-order valence-corrected chi connectivity index (χ0v) is 16.7. The van der Waals surface area contributed by atoms with Gasteiger partial charge in [-0.3, -0.25) is 9.69 Å². The van der Waals surface area contributed by atoms with E-state index in [-0.39, 0.29) is 5.91 Å². The van der Waals surface area contributed by atoms with Crippen LogP contribution in [0.3, 0.4) is 0 Å². The molecule has 9 heteroatoms. The minimum atomic E-state index is -0.0378. The van der Waals surface area contributed by atoms with Gasteiger partial charge in [0.25, 0.3) is 5.91 Å². The van der Waals surface area contributed by atoms with Crippen LogP contribution in [0, 0.1) is 0 Å². The van der Waals surface area contributed by atoms with E-state index in [9.17, 15) is 4.79 Å². The van der Waals surface area contributed by atoms with Gasteiger partial charge in [-0.2, -0.15) is 0 Å². The summed E-state index contributed by atoms with van der Waals surface area (Å²) < 4.78 is 5.34. The molecule has 2 aromatic heterocycles. The first-order chi connectivity index (χ1) is 13.8. The van der Waals surface area contributed by atoms with Crippen LogP contribution in [0.1, 0.15) is 9.67 Å². The maximum absolute atomic E-state index is 12.4. The average molecular weight is 403 g/mol. The normalized spacial score (nSPS) is 18.3. The largest absolute Gasteiger partial charge is 0.379 e. The Hall–Kier alpha value is -2.23. The zero-order chi connectivity index (χ0) is 19.2. The minimum absolute atomic E-state index is 0.0378. The summed E-state index contributed by atoms with van der Waals surface area (Å²) >= 11 is 1.47. The van der Waals surface area contributed by atoms with E-state index in [4.69, 9.17) is 4.74 Å². The van der Waals surface area contributed by atoms with Gasteiger partial charge in [0.1, 0.15) is 10.7 Å². The van der Waals surface area contributed by atoms with Gasteiger partial charge >= 0.3 is 0 Å². The lowest BCUT2D eigenvalue weighted by molar-refractivity contribution is 0.0383. The molecule has 2 aromatic rings. The van der Waals surface area contributed by atoms with Crippen LogP contribution < -0.4 is 15.1 Å². The van der Waals surface area contributed by atoms with Gasteiger partial charge in [0.05, 0.1) is 19.4 Å².